The topological polar surface area (TPSA) is 37.8 Å². The Hall–Kier alpha value is -1.38. The Bertz CT molecular complexity index is 783. The first kappa shape index (κ1) is 18.0. The number of hydrogen-bond donors (Lipinski definition) is 0. The maximum atomic E-state index is 5.63. The van der Waals surface area contributed by atoms with E-state index in [1.807, 2.05) is 12.3 Å². The number of aromatic nitrogens is 1. The first-order chi connectivity index (χ1) is 12.6. The van der Waals surface area contributed by atoms with Crippen LogP contribution >= 0.6 is 22.9 Å². The Kier molecular flexibility index (Phi) is 5.33. The Morgan fingerprint density at radius 2 is 2.04 bits per heavy atom. The smallest absolute Gasteiger partial charge is 0.260 e. The minimum absolute atomic E-state index is 0.269. The fourth-order valence-electron chi connectivity index (χ4n) is 3.78. The van der Waals surface area contributed by atoms with Crippen LogP contribution in [0.5, 0.6) is 11.6 Å². The number of ether oxygens (including phenoxy) is 2. The van der Waals surface area contributed by atoms with Crippen molar-refractivity contribution in [3.8, 4) is 11.6 Å². The molecule has 5 nitrogen and oxygen atoms in total. The predicted octanol–water partition coefficient (Wildman–Crippen LogP) is 4.14. The number of nitrogens with zero attached hydrogens (tertiary/aromatic N) is 3. The van der Waals surface area contributed by atoms with Gasteiger partial charge in [-0.25, -0.2) is 8.10 Å². The quantitative estimate of drug-likeness (QED) is 0.502. The van der Waals surface area contributed by atoms with Gasteiger partial charge in [-0.2, -0.15) is 0 Å². The lowest BCUT2D eigenvalue weighted by atomic mass is 9.92. The third-order valence-electron chi connectivity index (χ3n) is 5.12. The molecule has 0 saturated carbocycles. The molecular formula is C20H24IN3O2. The molecule has 0 N–H and O–H groups in total. The maximum absolute atomic E-state index is 5.63. The predicted molar refractivity (Wildman–Crippen MR) is 110 cm³/mol. The van der Waals surface area contributed by atoms with Gasteiger partial charge in [0.1, 0.15) is 0 Å². The summed E-state index contributed by atoms with van der Waals surface area (Å²) in [7, 11) is 0. The van der Waals surface area contributed by atoms with Crippen LogP contribution in [-0.4, -0.2) is 39.4 Å². The highest BCUT2D eigenvalue weighted by molar-refractivity contribution is 14.1. The molecule has 1 saturated heterocycles. The van der Waals surface area contributed by atoms with Crippen LogP contribution in [-0.2, 0) is 6.54 Å². The van der Waals surface area contributed by atoms with E-state index in [-0.39, 0.29) is 6.79 Å². The van der Waals surface area contributed by atoms with Crippen LogP contribution in [0.4, 0.5) is 0 Å². The summed E-state index contributed by atoms with van der Waals surface area (Å²) in [4.78, 5) is 6.75. The van der Waals surface area contributed by atoms with Crippen LogP contribution in [0.2, 0.25) is 0 Å². The zero-order chi connectivity index (χ0) is 18.1. The molecule has 4 rings (SSSR count). The Balaban J connectivity index is 1.55. The average Bonchev–Trinajstić information content (AvgIpc) is 3.13. The van der Waals surface area contributed by atoms with Crippen LogP contribution in [0.1, 0.15) is 42.5 Å². The van der Waals surface area contributed by atoms with E-state index in [1.54, 1.807) is 0 Å². The fraction of sp³-hybridized carbons (Fsp3) is 0.450. The molecule has 0 radical (unpaired) electrons. The molecule has 6 heteroatoms. The maximum Gasteiger partial charge on any atom is 0.260 e. The SMILES string of the molecule is CC(C)c1ccccc1C1CN(Cc2ccnc3c2OCO3)CCN1I. The van der Waals surface area contributed by atoms with E-state index < -0.39 is 0 Å². The summed E-state index contributed by atoms with van der Waals surface area (Å²) in [6.45, 7) is 8.77. The summed E-state index contributed by atoms with van der Waals surface area (Å²) in [5.74, 6) is 1.96. The molecule has 3 heterocycles. The molecule has 2 aromatic rings. The van der Waals surface area contributed by atoms with Crippen LogP contribution in [0.3, 0.4) is 0 Å². The molecule has 0 amide bonds. The van der Waals surface area contributed by atoms with E-state index in [0.717, 1.165) is 37.5 Å². The minimum Gasteiger partial charge on any atom is -0.451 e. The Morgan fingerprint density at radius 3 is 2.88 bits per heavy atom. The van der Waals surface area contributed by atoms with Gasteiger partial charge in [0, 0.05) is 60.8 Å². The number of fused-ring (bicyclic) bond motifs is 1. The lowest BCUT2D eigenvalue weighted by Gasteiger charge is -2.39. The molecule has 26 heavy (non-hydrogen) atoms. The number of rotatable bonds is 4. The molecule has 1 aromatic carbocycles. The molecule has 2 aliphatic heterocycles. The largest absolute Gasteiger partial charge is 0.451 e. The van der Waals surface area contributed by atoms with Gasteiger partial charge in [0.05, 0.1) is 6.04 Å². The first-order valence-electron chi connectivity index (χ1n) is 9.10. The second kappa shape index (κ2) is 7.70. The van der Waals surface area contributed by atoms with Crippen molar-refractivity contribution < 1.29 is 9.47 Å². The molecular weight excluding hydrogens is 441 g/mol. The normalized spacial score (nSPS) is 20.7. The van der Waals surface area contributed by atoms with Gasteiger partial charge in [-0.15, -0.1) is 0 Å². The van der Waals surface area contributed by atoms with E-state index in [9.17, 15) is 0 Å². The van der Waals surface area contributed by atoms with Crippen molar-refractivity contribution in [1.29, 1.82) is 0 Å². The van der Waals surface area contributed by atoms with E-state index in [0.29, 0.717) is 17.8 Å². The summed E-state index contributed by atoms with van der Waals surface area (Å²) >= 11 is 2.48. The van der Waals surface area contributed by atoms with Crippen LogP contribution in [0.15, 0.2) is 36.5 Å². The van der Waals surface area contributed by atoms with E-state index in [2.05, 4.69) is 74.0 Å². The van der Waals surface area contributed by atoms with E-state index in [1.165, 1.54) is 11.1 Å². The van der Waals surface area contributed by atoms with Gasteiger partial charge in [0.15, 0.2) is 5.75 Å². The van der Waals surface area contributed by atoms with Gasteiger partial charge >= 0.3 is 0 Å². The average molecular weight is 465 g/mol. The third kappa shape index (κ3) is 3.54. The molecule has 0 bridgehead atoms. The second-order valence-electron chi connectivity index (χ2n) is 7.17. The van der Waals surface area contributed by atoms with Crippen molar-refractivity contribution in [2.45, 2.75) is 32.4 Å². The van der Waals surface area contributed by atoms with Gasteiger partial charge in [0.2, 0.25) is 6.79 Å². The molecule has 1 unspecified atom stereocenters. The second-order valence-corrected chi connectivity index (χ2v) is 8.41. The van der Waals surface area contributed by atoms with Crippen LogP contribution in [0.25, 0.3) is 0 Å². The Morgan fingerprint density at radius 1 is 1.19 bits per heavy atom. The number of piperazine rings is 1. The van der Waals surface area contributed by atoms with Crippen molar-refractivity contribution >= 4 is 22.9 Å². The highest BCUT2D eigenvalue weighted by Crippen LogP contribution is 2.36. The molecule has 0 spiro atoms. The molecule has 1 fully saturated rings. The number of halogens is 1. The van der Waals surface area contributed by atoms with Crippen molar-refractivity contribution in [3.63, 3.8) is 0 Å². The first-order valence-corrected chi connectivity index (χ1v) is 10.1. The van der Waals surface area contributed by atoms with Crippen LogP contribution in [0, 0.1) is 0 Å². The highest BCUT2D eigenvalue weighted by atomic mass is 127. The number of benzene rings is 1. The van der Waals surface area contributed by atoms with Crippen molar-refractivity contribution in [2.75, 3.05) is 26.4 Å². The van der Waals surface area contributed by atoms with Gasteiger partial charge in [0.25, 0.3) is 5.88 Å². The number of pyridine rings is 1. The van der Waals surface area contributed by atoms with Gasteiger partial charge in [-0.05, 0) is 23.1 Å². The fourth-order valence-corrected chi connectivity index (χ4v) is 4.48. The Labute approximate surface area is 168 Å². The van der Waals surface area contributed by atoms with Gasteiger partial charge in [-0.3, -0.25) is 4.90 Å². The van der Waals surface area contributed by atoms with E-state index in [4.69, 9.17) is 9.47 Å². The summed E-state index contributed by atoms with van der Waals surface area (Å²) < 4.78 is 13.5. The third-order valence-corrected chi connectivity index (χ3v) is 6.28. The standard InChI is InChI=1S/C20H24IN3O2/c1-14(2)16-5-3-4-6-17(16)18-12-23(9-10-24(18)21)11-15-7-8-22-20-19(15)25-13-26-20/h3-8,14,18H,9-13H2,1-2H3. The lowest BCUT2D eigenvalue weighted by molar-refractivity contribution is 0.144. The molecule has 2 aliphatic rings. The summed E-state index contributed by atoms with van der Waals surface area (Å²) in [5.41, 5.74) is 4.05. The monoisotopic (exact) mass is 465 g/mol. The molecule has 138 valence electrons. The van der Waals surface area contributed by atoms with Crippen molar-refractivity contribution in [3.05, 3.63) is 53.2 Å². The van der Waals surface area contributed by atoms with Crippen molar-refractivity contribution in [2.24, 2.45) is 0 Å². The zero-order valence-electron chi connectivity index (χ0n) is 15.2. The molecule has 1 atom stereocenters. The summed E-state index contributed by atoms with van der Waals surface area (Å²) in [6.07, 6.45) is 1.81. The highest BCUT2D eigenvalue weighted by Gasteiger charge is 2.30. The minimum atomic E-state index is 0.269. The zero-order valence-corrected chi connectivity index (χ0v) is 17.3. The number of hydrogen-bond acceptors (Lipinski definition) is 5. The molecule has 1 aromatic heterocycles. The summed E-state index contributed by atoms with van der Waals surface area (Å²) in [6, 6.07) is 11.3. The van der Waals surface area contributed by atoms with Crippen molar-refractivity contribution in [1.82, 2.24) is 13.0 Å². The van der Waals surface area contributed by atoms with Gasteiger partial charge in [-0.1, -0.05) is 38.1 Å². The molecule has 0 aliphatic carbocycles. The van der Waals surface area contributed by atoms with Gasteiger partial charge < -0.3 is 9.47 Å². The van der Waals surface area contributed by atoms with E-state index >= 15 is 0 Å². The van der Waals surface area contributed by atoms with Crippen LogP contribution < -0.4 is 9.47 Å². The lowest BCUT2D eigenvalue weighted by Crippen LogP contribution is -2.44. The summed E-state index contributed by atoms with van der Waals surface area (Å²) in [5, 5.41) is 0.